The molecular formula is C18H23N5O5S2. The summed E-state index contributed by atoms with van der Waals surface area (Å²) in [4.78, 5) is 16.1. The van der Waals surface area contributed by atoms with Crippen LogP contribution in [0, 0.1) is 0 Å². The van der Waals surface area contributed by atoms with E-state index in [-0.39, 0.29) is 9.77 Å². The van der Waals surface area contributed by atoms with Gasteiger partial charge in [0.15, 0.2) is 11.6 Å². The largest absolute Gasteiger partial charge is 0.465 e. The first-order valence-corrected chi connectivity index (χ1v) is 11.9. The van der Waals surface area contributed by atoms with Crippen molar-refractivity contribution in [2.45, 2.75) is 4.90 Å². The standard InChI is InChI=1S/C18H23N5O5S2/c1-27-18(24)17-14(4-13-29-17)30(25,26)23-7-5-21(6-8-23)15-2-3-16(20-19-15)22-9-11-28-12-10-22/h2-4,13H,5-12H2,1H3. The lowest BCUT2D eigenvalue weighted by Crippen LogP contribution is -2.49. The van der Waals surface area contributed by atoms with Crippen molar-refractivity contribution < 1.29 is 22.7 Å². The van der Waals surface area contributed by atoms with Crippen LogP contribution >= 0.6 is 11.3 Å². The Kier molecular flexibility index (Phi) is 6.18. The highest BCUT2D eigenvalue weighted by molar-refractivity contribution is 7.89. The highest BCUT2D eigenvalue weighted by Crippen LogP contribution is 2.27. The van der Waals surface area contributed by atoms with E-state index in [9.17, 15) is 13.2 Å². The molecule has 0 spiro atoms. The smallest absolute Gasteiger partial charge is 0.349 e. The quantitative estimate of drug-likeness (QED) is 0.604. The summed E-state index contributed by atoms with van der Waals surface area (Å²) in [7, 11) is -2.53. The Balaban J connectivity index is 1.41. The fourth-order valence-electron chi connectivity index (χ4n) is 3.49. The number of methoxy groups -OCH3 is 1. The Labute approximate surface area is 179 Å². The molecule has 0 unspecified atom stereocenters. The summed E-state index contributed by atoms with van der Waals surface area (Å²) in [5.41, 5.74) is 0. The number of nitrogens with zero attached hydrogens (tertiary/aromatic N) is 5. The minimum atomic E-state index is -3.77. The summed E-state index contributed by atoms with van der Waals surface area (Å²) in [6.07, 6.45) is 0. The first-order valence-electron chi connectivity index (χ1n) is 9.58. The Morgan fingerprint density at radius 3 is 2.17 bits per heavy atom. The number of thiophene rings is 1. The fourth-order valence-corrected chi connectivity index (χ4v) is 6.22. The van der Waals surface area contributed by atoms with Crippen molar-refractivity contribution in [3.05, 3.63) is 28.5 Å². The summed E-state index contributed by atoms with van der Waals surface area (Å²) in [5.74, 6) is 0.892. The van der Waals surface area contributed by atoms with Crippen LogP contribution in [-0.4, -0.2) is 88.5 Å². The third kappa shape index (κ3) is 4.13. The molecular weight excluding hydrogens is 430 g/mol. The Hall–Kier alpha value is -2.28. The molecule has 0 aromatic carbocycles. The number of hydrogen-bond acceptors (Lipinski definition) is 10. The molecule has 0 amide bonds. The number of anilines is 2. The number of sulfonamides is 1. The number of carbonyl (C=O) groups excluding carboxylic acids is 1. The first kappa shape index (κ1) is 21.0. The summed E-state index contributed by atoms with van der Waals surface area (Å²) in [6, 6.07) is 5.30. The fraction of sp³-hybridized carbons (Fsp3) is 0.500. The van der Waals surface area contributed by atoms with Crippen molar-refractivity contribution in [1.82, 2.24) is 14.5 Å². The second kappa shape index (κ2) is 8.84. The predicted octanol–water partition coefficient (Wildman–Crippen LogP) is 0.672. The summed E-state index contributed by atoms with van der Waals surface area (Å²) < 4.78 is 37.5. The Bertz CT molecular complexity index is 981. The van der Waals surface area contributed by atoms with Gasteiger partial charge in [0.1, 0.15) is 9.77 Å². The lowest BCUT2D eigenvalue weighted by atomic mass is 10.3. The second-order valence-corrected chi connectivity index (χ2v) is 9.67. The SMILES string of the molecule is COC(=O)c1sccc1S(=O)(=O)N1CCN(c2ccc(N3CCOCC3)nn2)CC1. The van der Waals surface area contributed by atoms with Crippen LogP contribution in [0.3, 0.4) is 0 Å². The number of piperazine rings is 1. The van der Waals surface area contributed by atoms with Gasteiger partial charge in [-0.1, -0.05) is 0 Å². The molecule has 12 heteroatoms. The Morgan fingerprint density at radius 2 is 1.60 bits per heavy atom. The molecule has 2 aliphatic rings. The van der Waals surface area contributed by atoms with Crippen LogP contribution in [0.15, 0.2) is 28.5 Å². The highest BCUT2D eigenvalue weighted by Gasteiger charge is 2.33. The number of morpholine rings is 1. The summed E-state index contributed by atoms with van der Waals surface area (Å²) in [6.45, 7) is 4.52. The molecule has 2 saturated heterocycles. The van der Waals surface area contributed by atoms with Gasteiger partial charge in [-0.25, -0.2) is 13.2 Å². The molecule has 2 fully saturated rings. The van der Waals surface area contributed by atoms with Gasteiger partial charge < -0.3 is 19.3 Å². The van der Waals surface area contributed by atoms with Gasteiger partial charge >= 0.3 is 5.97 Å². The van der Waals surface area contributed by atoms with E-state index >= 15 is 0 Å². The lowest BCUT2D eigenvalue weighted by molar-refractivity contribution is 0.0602. The maximum atomic E-state index is 13.0. The topological polar surface area (TPSA) is 105 Å². The number of carbonyl (C=O) groups is 1. The molecule has 2 aromatic rings. The third-order valence-electron chi connectivity index (χ3n) is 5.15. The van der Waals surface area contributed by atoms with Crippen LogP contribution in [0.1, 0.15) is 9.67 Å². The van der Waals surface area contributed by atoms with E-state index in [4.69, 9.17) is 9.47 Å². The van der Waals surface area contributed by atoms with E-state index in [2.05, 4.69) is 15.1 Å². The van der Waals surface area contributed by atoms with Crippen LogP contribution < -0.4 is 9.80 Å². The Morgan fingerprint density at radius 1 is 1.00 bits per heavy atom. The van der Waals surface area contributed by atoms with Gasteiger partial charge in [-0.3, -0.25) is 0 Å². The van der Waals surface area contributed by atoms with E-state index in [1.807, 2.05) is 17.0 Å². The van der Waals surface area contributed by atoms with E-state index in [1.165, 1.54) is 17.5 Å². The van der Waals surface area contributed by atoms with Crippen molar-refractivity contribution in [3.8, 4) is 0 Å². The van der Waals surface area contributed by atoms with E-state index in [0.29, 0.717) is 39.4 Å². The van der Waals surface area contributed by atoms with Gasteiger partial charge in [-0.15, -0.1) is 21.5 Å². The van der Waals surface area contributed by atoms with Gasteiger partial charge in [0, 0.05) is 39.3 Å². The normalized spacial score (nSPS) is 18.4. The average Bonchev–Trinajstić information content (AvgIpc) is 3.30. The van der Waals surface area contributed by atoms with Gasteiger partial charge in [0.2, 0.25) is 10.0 Å². The zero-order valence-corrected chi connectivity index (χ0v) is 18.2. The number of aromatic nitrogens is 2. The monoisotopic (exact) mass is 453 g/mol. The molecule has 0 aliphatic carbocycles. The van der Waals surface area contributed by atoms with Crippen molar-refractivity contribution in [2.24, 2.45) is 0 Å². The molecule has 0 bridgehead atoms. The molecule has 0 saturated carbocycles. The van der Waals surface area contributed by atoms with Gasteiger partial charge in [-0.2, -0.15) is 4.31 Å². The van der Waals surface area contributed by atoms with Crippen LogP contribution in [0.2, 0.25) is 0 Å². The molecule has 4 rings (SSSR count). The molecule has 0 N–H and O–H groups in total. The average molecular weight is 454 g/mol. The third-order valence-corrected chi connectivity index (χ3v) is 8.12. The van der Waals surface area contributed by atoms with Gasteiger partial charge in [0.05, 0.1) is 20.3 Å². The number of hydrogen-bond donors (Lipinski definition) is 0. The molecule has 30 heavy (non-hydrogen) atoms. The van der Waals surface area contributed by atoms with Crippen molar-refractivity contribution >= 4 is 39.0 Å². The van der Waals surface area contributed by atoms with Gasteiger partial charge in [-0.05, 0) is 23.6 Å². The second-order valence-electron chi connectivity index (χ2n) is 6.85. The molecule has 10 nitrogen and oxygen atoms in total. The number of rotatable bonds is 5. The molecule has 2 aromatic heterocycles. The van der Waals surface area contributed by atoms with E-state index < -0.39 is 16.0 Å². The van der Waals surface area contributed by atoms with Crippen molar-refractivity contribution in [2.75, 3.05) is 69.4 Å². The molecule has 0 radical (unpaired) electrons. The minimum absolute atomic E-state index is 0.00227. The first-order chi connectivity index (χ1) is 14.5. The molecule has 2 aliphatic heterocycles. The van der Waals surface area contributed by atoms with Crippen LogP contribution in [0.5, 0.6) is 0 Å². The van der Waals surface area contributed by atoms with Crippen LogP contribution in [0.25, 0.3) is 0 Å². The van der Waals surface area contributed by atoms with Crippen molar-refractivity contribution in [3.63, 3.8) is 0 Å². The highest BCUT2D eigenvalue weighted by atomic mass is 32.2. The number of ether oxygens (including phenoxy) is 2. The van der Waals surface area contributed by atoms with Crippen molar-refractivity contribution in [1.29, 1.82) is 0 Å². The van der Waals surface area contributed by atoms with Crippen LogP contribution in [0.4, 0.5) is 11.6 Å². The zero-order chi connectivity index (χ0) is 21.1. The van der Waals surface area contributed by atoms with E-state index in [0.717, 1.165) is 36.1 Å². The molecule has 4 heterocycles. The molecule has 0 atom stereocenters. The minimum Gasteiger partial charge on any atom is -0.465 e. The predicted molar refractivity (Wildman–Crippen MR) is 112 cm³/mol. The number of esters is 1. The van der Waals surface area contributed by atoms with Crippen LogP contribution in [-0.2, 0) is 19.5 Å². The summed E-state index contributed by atoms with van der Waals surface area (Å²) in [5, 5.41) is 10.2. The maximum absolute atomic E-state index is 13.0. The summed E-state index contributed by atoms with van der Waals surface area (Å²) >= 11 is 1.06. The van der Waals surface area contributed by atoms with E-state index in [1.54, 1.807) is 5.38 Å². The lowest BCUT2D eigenvalue weighted by Gasteiger charge is -2.34. The zero-order valence-electron chi connectivity index (χ0n) is 16.6. The van der Waals surface area contributed by atoms with Gasteiger partial charge in [0.25, 0.3) is 0 Å². The molecule has 162 valence electrons. The maximum Gasteiger partial charge on any atom is 0.349 e.